The zero-order chi connectivity index (χ0) is 13.4. The Hall–Kier alpha value is -2.14. The number of nitrogens with zero attached hydrogens (tertiary/aromatic N) is 2. The van der Waals surface area contributed by atoms with Gasteiger partial charge in [0.15, 0.2) is 0 Å². The van der Waals surface area contributed by atoms with Crippen molar-refractivity contribution in [1.82, 2.24) is 9.55 Å². The van der Waals surface area contributed by atoms with Crippen LogP contribution in [0.1, 0.15) is 40.1 Å². The van der Waals surface area contributed by atoms with Crippen LogP contribution in [0.5, 0.6) is 0 Å². The van der Waals surface area contributed by atoms with Crippen molar-refractivity contribution in [3.63, 3.8) is 0 Å². The Kier molecular flexibility index (Phi) is 2.83. The summed E-state index contributed by atoms with van der Waals surface area (Å²) >= 11 is 0. The van der Waals surface area contributed by atoms with Gasteiger partial charge in [0.05, 0.1) is 17.9 Å². The van der Waals surface area contributed by atoms with E-state index >= 15 is 0 Å². The third kappa shape index (κ3) is 1.92. The zero-order valence-electron chi connectivity index (χ0n) is 10.2. The Morgan fingerprint density at radius 3 is 2.95 bits per heavy atom. The highest BCUT2D eigenvalue weighted by atomic mass is 16.4. The molecule has 0 spiro atoms. The highest BCUT2D eigenvalue weighted by Gasteiger charge is 2.32. The molecular formula is C14H14N2O3. The highest BCUT2D eigenvalue weighted by Crippen LogP contribution is 2.39. The van der Waals surface area contributed by atoms with Gasteiger partial charge in [-0.1, -0.05) is 12.1 Å². The van der Waals surface area contributed by atoms with E-state index in [-0.39, 0.29) is 11.6 Å². The molecule has 1 aliphatic rings. The lowest BCUT2D eigenvalue weighted by molar-refractivity contribution is 0.0669. The number of aromatic carboxylic acids is 1. The highest BCUT2D eigenvalue weighted by molar-refractivity contribution is 5.90. The number of aromatic nitrogens is 2. The third-order valence-corrected chi connectivity index (χ3v) is 3.70. The fourth-order valence-corrected chi connectivity index (χ4v) is 2.80. The van der Waals surface area contributed by atoms with E-state index in [0.29, 0.717) is 5.56 Å². The van der Waals surface area contributed by atoms with Gasteiger partial charge in [-0.3, -0.25) is 0 Å². The monoisotopic (exact) mass is 258 g/mol. The molecule has 98 valence electrons. The summed E-state index contributed by atoms with van der Waals surface area (Å²) in [5.74, 6) is -0.998. The second-order valence-corrected chi connectivity index (χ2v) is 4.74. The number of carbonyl (C=O) groups is 1. The maximum Gasteiger partial charge on any atom is 0.336 e. The van der Waals surface area contributed by atoms with Crippen LogP contribution >= 0.6 is 0 Å². The van der Waals surface area contributed by atoms with Crippen LogP contribution < -0.4 is 0 Å². The van der Waals surface area contributed by atoms with Crippen LogP contribution in [0, 0.1) is 0 Å². The number of carboxylic acid groups (broad SMARTS) is 1. The SMILES string of the molecule is O=C(O)c1cccc2c1C(O)C(n1ccnc1)CC2. The van der Waals surface area contributed by atoms with Gasteiger partial charge in [-0.2, -0.15) is 0 Å². The van der Waals surface area contributed by atoms with Crippen LogP contribution in [0.3, 0.4) is 0 Å². The molecule has 0 aliphatic heterocycles. The number of carboxylic acids is 1. The molecular weight excluding hydrogens is 244 g/mol. The molecule has 0 radical (unpaired) electrons. The predicted octanol–water partition coefficient (Wildman–Crippen LogP) is 1.80. The van der Waals surface area contributed by atoms with Gasteiger partial charge in [-0.05, 0) is 24.5 Å². The number of aliphatic hydroxyl groups is 1. The van der Waals surface area contributed by atoms with E-state index in [4.69, 9.17) is 0 Å². The maximum absolute atomic E-state index is 11.3. The first-order valence-electron chi connectivity index (χ1n) is 6.19. The summed E-state index contributed by atoms with van der Waals surface area (Å²) in [6, 6.07) is 5.00. The Labute approximate surface area is 110 Å². The first kappa shape index (κ1) is 11.9. The van der Waals surface area contributed by atoms with E-state index < -0.39 is 12.1 Å². The van der Waals surface area contributed by atoms with Gasteiger partial charge < -0.3 is 14.8 Å². The van der Waals surface area contributed by atoms with Crippen molar-refractivity contribution >= 4 is 5.97 Å². The molecule has 2 atom stereocenters. The molecule has 1 aliphatic carbocycles. The molecule has 3 rings (SSSR count). The molecule has 5 heteroatoms. The van der Waals surface area contributed by atoms with Gasteiger partial charge in [0.1, 0.15) is 6.10 Å². The first-order valence-corrected chi connectivity index (χ1v) is 6.19. The van der Waals surface area contributed by atoms with E-state index in [9.17, 15) is 15.0 Å². The van der Waals surface area contributed by atoms with Gasteiger partial charge in [-0.25, -0.2) is 9.78 Å². The van der Waals surface area contributed by atoms with Crippen molar-refractivity contribution in [2.24, 2.45) is 0 Å². The Morgan fingerprint density at radius 2 is 2.26 bits per heavy atom. The van der Waals surface area contributed by atoms with E-state index in [1.165, 1.54) is 0 Å². The second kappa shape index (κ2) is 4.51. The fraction of sp³-hybridized carbons (Fsp3) is 0.286. The summed E-state index contributed by atoms with van der Waals surface area (Å²) in [4.78, 5) is 15.3. The third-order valence-electron chi connectivity index (χ3n) is 3.70. The molecule has 0 amide bonds. The van der Waals surface area contributed by atoms with Gasteiger partial charge in [0, 0.05) is 18.0 Å². The smallest absolute Gasteiger partial charge is 0.336 e. The molecule has 1 aromatic heterocycles. The maximum atomic E-state index is 11.3. The number of hydrogen-bond donors (Lipinski definition) is 2. The van der Waals surface area contributed by atoms with Crippen LogP contribution in [0.4, 0.5) is 0 Å². The molecule has 0 bridgehead atoms. The molecule has 0 saturated heterocycles. The molecule has 1 heterocycles. The van der Waals surface area contributed by atoms with Gasteiger partial charge in [0.2, 0.25) is 0 Å². The number of aryl methyl sites for hydroxylation is 1. The van der Waals surface area contributed by atoms with E-state index in [1.54, 1.807) is 30.9 Å². The summed E-state index contributed by atoms with van der Waals surface area (Å²) < 4.78 is 1.84. The Bertz CT molecular complexity index is 607. The zero-order valence-corrected chi connectivity index (χ0v) is 10.2. The van der Waals surface area contributed by atoms with Crippen molar-refractivity contribution in [3.8, 4) is 0 Å². The number of fused-ring (bicyclic) bond motifs is 1. The van der Waals surface area contributed by atoms with Crippen LogP contribution in [0.2, 0.25) is 0 Å². The van der Waals surface area contributed by atoms with Crippen molar-refractivity contribution in [1.29, 1.82) is 0 Å². The van der Waals surface area contributed by atoms with Crippen LogP contribution in [0.25, 0.3) is 0 Å². The predicted molar refractivity (Wildman–Crippen MR) is 67.9 cm³/mol. The molecule has 5 nitrogen and oxygen atoms in total. The van der Waals surface area contributed by atoms with Crippen molar-refractivity contribution in [3.05, 3.63) is 53.6 Å². The molecule has 2 unspecified atom stereocenters. The fourth-order valence-electron chi connectivity index (χ4n) is 2.80. The summed E-state index contributed by atoms with van der Waals surface area (Å²) in [6.07, 6.45) is 5.82. The van der Waals surface area contributed by atoms with E-state index in [1.807, 2.05) is 10.6 Å². The van der Waals surface area contributed by atoms with Crippen LogP contribution in [-0.2, 0) is 6.42 Å². The summed E-state index contributed by atoms with van der Waals surface area (Å²) in [6.45, 7) is 0. The molecule has 0 saturated carbocycles. The Balaban J connectivity index is 2.07. The topological polar surface area (TPSA) is 75.3 Å². The number of imidazole rings is 1. The average molecular weight is 258 g/mol. The van der Waals surface area contributed by atoms with E-state index in [2.05, 4.69) is 4.98 Å². The molecule has 0 fully saturated rings. The largest absolute Gasteiger partial charge is 0.478 e. The lowest BCUT2D eigenvalue weighted by atomic mass is 9.83. The van der Waals surface area contributed by atoms with Crippen molar-refractivity contribution in [2.75, 3.05) is 0 Å². The van der Waals surface area contributed by atoms with Gasteiger partial charge >= 0.3 is 5.97 Å². The van der Waals surface area contributed by atoms with Crippen molar-refractivity contribution < 1.29 is 15.0 Å². The minimum atomic E-state index is -0.998. The van der Waals surface area contributed by atoms with Gasteiger partial charge in [0.25, 0.3) is 0 Å². The van der Waals surface area contributed by atoms with Crippen LogP contribution in [-0.4, -0.2) is 25.7 Å². The normalized spacial score (nSPS) is 21.9. The summed E-state index contributed by atoms with van der Waals surface area (Å²) in [5.41, 5.74) is 1.65. The first-order chi connectivity index (χ1) is 9.18. The Morgan fingerprint density at radius 1 is 1.42 bits per heavy atom. The number of rotatable bonds is 2. The summed E-state index contributed by atoms with van der Waals surface area (Å²) in [7, 11) is 0. The summed E-state index contributed by atoms with van der Waals surface area (Å²) in [5, 5.41) is 19.8. The minimum Gasteiger partial charge on any atom is -0.478 e. The quantitative estimate of drug-likeness (QED) is 0.861. The molecule has 2 N–H and O–H groups in total. The minimum absolute atomic E-state index is 0.157. The van der Waals surface area contributed by atoms with E-state index in [0.717, 1.165) is 18.4 Å². The number of aliphatic hydroxyl groups excluding tert-OH is 1. The second-order valence-electron chi connectivity index (χ2n) is 4.74. The average Bonchev–Trinajstić information content (AvgIpc) is 2.92. The van der Waals surface area contributed by atoms with Crippen molar-refractivity contribution in [2.45, 2.75) is 25.0 Å². The standard InChI is InChI=1S/C14H14N2O3/c17-13-11(16-7-6-15-8-16)5-4-9-2-1-3-10(12(9)13)14(18)19/h1-3,6-8,11,13,17H,4-5H2,(H,18,19). The van der Waals surface area contributed by atoms with Gasteiger partial charge in [-0.15, -0.1) is 0 Å². The molecule has 2 aromatic rings. The molecule has 1 aromatic carbocycles. The molecule has 19 heavy (non-hydrogen) atoms. The lowest BCUT2D eigenvalue weighted by Gasteiger charge is -2.31. The van der Waals surface area contributed by atoms with Crippen LogP contribution in [0.15, 0.2) is 36.9 Å². The lowest BCUT2D eigenvalue weighted by Crippen LogP contribution is -2.25. The number of benzene rings is 1. The number of hydrogen-bond acceptors (Lipinski definition) is 3.